The molecule has 0 aliphatic heterocycles. The molecule has 1 unspecified atom stereocenters. The van der Waals surface area contributed by atoms with E-state index < -0.39 is 17.6 Å². The van der Waals surface area contributed by atoms with E-state index in [9.17, 15) is 14.4 Å². The largest absolute Gasteiger partial charge is 0.468 e. The molecule has 248 valence electrons. The molecule has 0 aliphatic carbocycles. The number of nitrogens with two attached hydrogens (primary N) is 1. The molecule has 2 N–H and O–H groups in total. The van der Waals surface area contributed by atoms with Crippen LogP contribution in [0.15, 0.2) is 0 Å². The average Bonchev–Trinajstić information content (AvgIpc) is 3.40. The van der Waals surface area contributed by atoms with Gasteiger partial charge in [0.05, 0.1) is 31.6 Å². The predicted octanol–water partition coefficient (Wildman–Crippen LogP) is 3.11. The standard InChI is InChI=1S/C32H56N8O4/c1-12-36(13-2)29(41)20-39-24(7)22(5)34-27(39)18-38(32(9,10)17-16-26(33)31(43)44-11)19-28-35-23(6)25(8)40(28)21-30(42)37(14-3)15-4/h26H,12-21,33H2,1-11H3. The van der Waals surface area contributed by atoms with Gasteiger partial charge in [0.2, 0.25) is 11.8 Å². The lowest BCUT2D eigenvalue weighted by molar-refractivity contribution is -0.142. The fourth-order valence-electron chi connectivity index (χ4n) is 5.49. The van der Waals surface area contributed by atoms with Gasteiger partial charge in [-0.25, -0.2) is 9.97 Å². The van der Waals surface area contributed by atoms with Gasteiger partial charge < -0.3 is 29.4 Å². The van der Waals surface area contributed by atoms with E-state index in [0.717, 1.165) is 34.4 Å². The monoisotopic (exact) mass is 616 g/mol. The van der Waals surface area contributed by atoms with E-state index in [2.05, 4.69) is 18.7 Å². The molecule has 12 nitrogen and oxygen atoms in total. The van der Waals surface area contributed by atoms with Gasteiger partial charge in [-0.2, -0.15) is 0 Å². The summed E-state index contributed by atoms with van der Waals surface area (Å²) in [5.41, 5.74) is 9.32. The van der Waals surface area contributed by atoms with Crippen LogP contribution >= 0.6 is 0 Å². The predicted molar refractivity (Wildman–Crippen MR) is 172 cm³/mol. The van der Waals surface area contributed by atoms with Gasteiger partial charge in [-0.1, -0.05) is 0 Å². The van der Waals surface area contributed by atoms with Crippen LogP contribution < -0.4 is 5.73 Å². The Morgan fingerprint density at radius 1 is 0.795 bits per heavy atom. The van der Waals surface area contributed by atoms with E-state index in [1.807, 2.05) is 74.3 Å². The van der Waals surface area contributed by atoms with Gasteiger partial charge in [0.15, 0.2) is 0 Å². The minimum Gasteiger partial charge on any atom is -0.468 e. The summed E-state index contributed by atoms with van der Waals surface area (Å²) >= 11 is 0. The molecular weight excluding hydrogens is 560 g/mol. The SMILES string of the molecule is CCN(CC)C(=O)Cn1c(CN(Cc2nc(C)c(C)n2CC(=O)N(CC)CC)C(C)(C)CCC(N)C(=O)OC)nc(C)c1C. The number of rotatable bonds is 17. The van der Waals surface area contributed by atoms with E-state index in [4.69, 9.17) is 20.4 Å². The highest BCUT2D eigenvalue weighted by Gasteiger charge is 2.32. The zero-order valence-corrected chi connectivity index (χ0v) is 29.0. The number of ether oxygens (including phenoxy) is 1. The highest BCUT2D eigenvalue weighted by molar-refractivity contribution is 5.76. The summed E-state index contributed by atoms with van der Waals surface area (Å²) in [4.78, 5) is 54.2. The fourth-order valence-corrected chi connectivity index (χ4v) is 5.49. The van der Waals surface area contributed by atoms with E-state index in [1.54, 1.807) is 0 Å². The Labute approximate surface area is 263 Å². The quantitative estimate of drug-likeness (QED) is 0.268. The third kappa shape index (κ3) is 8.90. The number of likely N-dealkylation sites (N-methyl/N-ethyl adjacent to an activating group) is 2. The van der Waals surface area contributed by atoms with Crippen molar-refractivity contribution < 1.29 is 19.1 Å². The number of aromatic nitrogens is 4. The van der Waals surface area contributed by atoms with Crippen molar-refractivity contribution >= 4 is 17.8 Å². The van der Waals surface area contributed by atoms with Crippen LogP contribution in [0.1, 0.15) is 88.8 Å². The molecule has 0 saturated carbocycles. The number of esters is 1. The Morgan fingerprint density at radius 3 is 1.52 bits per heavy atom. The number of methoxy groups -OCH3 is 1. The number of aryl methyl sites for hydroxylation is 2. The van der Waals surface area contributed by atoms with Gasteiger partial charge in [-0.05, 0) is 82.1 Å². The lowest BCUT2D eigenvalue weighted by Gasteiger charge is -2.39. The summed E-state index contributed by atoms with van der Waals surface area (Å²) in [6.07, 6.45) is 1.02. The van der Waals surface area contributed by atoms with Crippen LogP contribution in [-0.4, -0.2) is 96.5 Å². The van der Waals surface area contributed by atoms with Crippen molar-refractivity contribution in [3.8, 4) is 0 Å². The summed E-state index contributed by atoms with van der Waals surface area (Å²) in [6.45, 7) is 23.9. The summed E-state index contributed by atoms with van der Waals surface area (Å²) < 4.78 is 8.88. The Balaban J connectivity index is 2.55. The Bertz CT molecular complexity index is 1200. The maximum atomic E-state index is 13.2. The Morgan fingerprint density at radius 2 is 1.18 bits per heavy atom. The van der Waals surface area contributed by atoms with Crippen molar-refractivity contribution in [1.29, 1.82) is 0 Å². The van der Waals surface area contributed by atoms with Crippen LogP contribution in [-0.2, 0) is 45.3 Å². The van der Waals surface area contributed by atoms with Crippen LogP contribution in [0, 0.1) is 27.7 Å². The van der Waals surface area contributed by atoms with Crippen molar-refractivity contribution in [2.75, 3.05) is 33.3 Å². The van der Waals surface area contributed by atoms with E-state index in [1.165, 1.54) is 7.11 Å². The molecule has 2 aromatic heterocycles. The average molecular weight is 617 g/mol. The molecule has 12 heteroatoms. The first-order valence-electron chi connectivity index (χ1n) is 15.8. The van der Waals surface area contributed by atoms with Crippen LogP contribution in [0.2, 0.25) is 0 Å². The molecular formula is C32H56N8O4. The molecule has 0 saturated heterocycles. The molecule has 0 aliphatic rings. The normalized spacial score (nSPS) is 12.5. The lowest BCUT2D eigenvalue weighted by atomic mass is 9.93. The van der Waals surface area contributed by atoms with Crippen molar-refractivity contribution in [3.63, 3.8) is 0 Å². The van der Waals surface area contributed by atoms with Gasteiger partial charge >= 0.3 is 5.97 Å². The third-order valence-corrected chi connectivity index (χ3v) is 8.98. The van der Waals surface area contributed by atoms with Crippen LogP contribution in [0.3, 0.4) is 0 Å². The molecule has 2 amide bonds. The van der Waals surface area contributed by atoms with E-state index in [-0.39, 0.29) is 24.9 Å². The molecule has 1 atom stereocenters. The fraction of sp³-hybridized carbons (Fsp3) is 0.719. The van der Waals surface area contributed by atoms with Gasteiger partial charge in [-0.3, -0.25) is 19.3 Å². The molecule has 2 rings (SSSR count). The molecule has 2 aromatic rings. The van der Waals surface area contributed by atoms with Crippen molar-refractivity contribution in [2.24, 2.45) is 5.73 Å². The molecule has 0 spiro atoms. The zero-order chi connectivity index (χ0) is 33.4. The summed E-state index contributed by atoms with van der Waals surface area (Å²) in [7, 11) is 1.34. The first-order chi connectivity index (χ1) is 20.6. The first kappa shape index (κ1) is 36.9. The molecule has 44 heavy (non-hydrogen) atoms. The van der Waals surface area contributed by atoms with Gasteiger partial charge in [0.1, 0.15) is 30.8 Å². The minimum absolute atomic E-state index is 0.0447. The number of hydrogen-bond acceptors (Lipinski definition) is 8. The van der Waals surface area contributed by atoms with E-state index >= 15 is 0 Å². The second-order valence-electron chi connectivity index (χ2n) is 12.0. The first-order valence-corrected chi connectivity index (χ1v) is 15.8. The number of hydrogen-bond donors (Lipinski definition) is 1. The lowest BCUT2D eigenvalue weighted by Crippen LogP contribution is -2.46. The smallest absolute Gasteiger partial charge is 0.322 e. The van der Waals surface area contributed by atoms with Crippen molar-refractivity contribution in [3.05, 3.63) is 34.4 Å². The molecule has 0 bridgehead atoms. The number of amides is 2. The van der Waals surface area contributed by atoms with Crippen LogP contribution in [0.4, 0.5) is 0 Å². The topological polar surface area (TPSA) is 132 Å². The molecule has 2 heterocycles. The highest BCUT2D eigenvalue weighted by Crippen LogP contribution is 2.28. The summed E-state index contributed by atoms with van der Waals surface area (Å²) in [6, 6.07) is -0.738. The second-order valence-corrected chi connectivity index (χ2v) is 12.0. The van der Waals surface area contributed by atoms with Crippen molar-refractivity contribution in [1.82, 2.24) is 33.8 Å². The second kappa shape index (κ2) is 16.2. The zero-order valence-electron chi connectivity index (χ0n) is 29.0. The Kier molecular flexibility index (Phi) is 13.6. The third-order valence-electron chi connectivity index (χ3n) is 8.98. The number of nitrogens with zero attached hydrogens (tertiary/aromatic N) is 7. The highest BCUT2D eigenvalue weighted by atomic mass is 16.5. The van der Waals surface area contributed by atoms with Crippen LogP contribution in [0.25, 0.3) is 0 Å². The van der Waals surface area contributed by atoms with Gasteiger partial charge in [-0.15, -0.1) is 0 Å². The van der Waals surface area contributed by atoms with E-state index in [0.29, 0.717) is 52.1 Å². The van der Waals surface area contributed by atoms with Crippen LogP contribution in [0.5, 0.6) is 0 Å². The summed E-state index contributed by atoms with van der Waals surface area (Å²) in [5.74, 6) is 1.20. The molecule has 0 radical (unpaired) electrons. The van der Waals surface area contributed by atoms with Gasteiger partial charge in [0.25, 0.3) is 0 Å². The Hall–Kier alpha value is -3.25. The number of carbonyl (C=O) groups excluding carboxylic acids is 3. The van der Waals surface area contributed by atoms with Gasteiger partial charge in [0, 0.05) is 43.1 Å². The number of carbonyl (C=O) groups is 3. The molecule has 0 aromatic carbocycles. The maximum absolute atomic E-state index is 13.2. The minimum atomic E-state index is -0.738. The summed E-state index contributed by atoms with van der Waals surface area (Å²) in [5, 5.41) is 0. The van der Waals surface area contributed by atoms with Crippen molar-refractivity contribution in [2.45, 2.75) is 120 Å². The molecule has 0 fully saturated rings. The maximum Gasteiger partial charge on any atom is 0.322 e. The number of imidazole rings is 2.